The first-order valence-corrected chi connectivity index (χ1v) is 10.4. The third-order valence-electron chi connectivity index (χ3n) is 4.02. The highest BCUT2D eigenvalue weighted by atomic mass is 35.5. The fourth-order valence-corrected chi connectivity index (χ4v) is 3.72. The van der Waals surface area contributed by atoms with Gasteiger partial charge in [-0.3, -0.25) is 4.79 Å². The van der Waals surface area contributed by atoms with Gasteiger partial charge in [-0.25, -0.2) is 4.98 Å². The van der Waals surface area contributed by atoms with Crippen LogP contribution >= 0.6 is 35.0 Å². The van der Waals surface area contributed by atoms with Crippen molar-refractivity contribution in [1.29, 1.82) is 5.26 Å². The van der Waals surface area contributed by atoms with Crippen molar-refractivity contribution in [3.05, 3.63) is 75.8 Å². The van der Waals surface area contributed by atoms with Crippen molar-refractivity contribution in [2.45, 2.75) is 11.2 Å². The molecule has 31 heavy (non-hydrogen) atoms. The lowest BCUT2D eigenvalue weighted by Crippen LogP contribution is -2.15. The minimum absolute atomic E-state index is 0.0549. The molecule has 0 spiro atoms. The number of hydrogen-bond donors (Lipinski definition) is 1. The molecule has 10 heteroatoms. The van der Waals surface area contributed by atoms with Gasteiger partial charge in [0.1, 0.15) is 11.1 Å². The molecule has 0 aliphatic carbocycles. The molecule has 0 aliphatic rings. The van der Waals surface area contributed by atoms with Gasteiger partial charge in [0.2, 0.25) is 5.91 Å². The van der Waals surface area contributed by atoms with Gasteiger partial charge in [0.05, 0.1) is 32.6 Å². The molecule has 4 nitrogen and oxygen atoms in total. The van der Waals surface area contributed by atoms with Crippen molar-refractivity contribution in [2.24, 2.45) is 0 Å². The highest BCUT2D eigenvalue weighted by Crippen LogP contribution is 2.38. The highest BCUT2D eigenvalue weighted by Gasteiger charge is 2.36. The number of benzene rings is 2. The molecular formula is C21H12Cl2F3N3OS. The Balaban J connectivity index is 1.89. The zero-order chi connectivity index (χ0) is 22.6. The number of carbonyl (C=O) groups is 1. The number of nitrogens with one attached hydrogen (secondary N) is 1. The number of thioether (sulfide) groups is 1. The first-order chi connectivity index (χ1) is 14.7. The standard InChI is InChI=1S/C21H12Cl2F3N3OS/c22-16-7-6-13(8-17(16)23)28-19(30)11-31-20-14(10-27)15(21(24,25)26)9-18(29-20)12-4-2-1-3-5-12/h1-9H,11H2,(H,28,30). The first-order valence-electron chi connectivity index (χ1n) is 8.64. The molecule has 1 aromatic heterocycles. The lowest BCUT2D eigenvalue weighted by Gasteiger charge is -2.14. The quantitative estimate of drug-likeness (QED) is 0.412. The number of hydrogen-bond acceptors (Lipinski definition) is 4. The molecule has 1 N–H and O–H groups in total. The number of nitriles is 1. The molecule has 0 bridgehead atoms. The topological polar surface area (TPSA) is 65.8 Å². The predicted molar refractivity (Wildman–Crippen MR) is 115 cm³/mol. The molecule has 3 rings (SSSR count). The van der Waals surface area contributed by atoms with Gasteiger partial charge in [-0.05, 0) is 24.3 Å². The van der Waals surface area contributed by atoms with Gasteiger partial charge in [0, 0.05) is 11.3 Å². The summed E-state index contributed by atoms with van der Waals surface area (Å²) in [5, 5.41) is 12.3. The predicted octanol–water partition coefficient (Wildman–Crippen LogP) is 6.68. The van der Waals surface area contributed by atoms with Crippen LogP contribution in [-0.2, 0) is 11.0 Å². The van der Waals surface area contributed by atoms with Gasteiger partial charge in [-0.2, -0.15) is 18.4 Å². The van der Waals surface area contributed by atoms with Crippen LogP contribution in [0.2, 0.25) is 10.0 Å². The van der Waals surface area contributed by atoms with Gasteiger partial charge in [0.25, 0.3) is 0 Å². The number of rotatable bonds is 5. The van der Waals surface area contributed by atoms with E-state index in [1.807, 2.05) is 0 Å². The maximum absolute atomic E-state index is 13.6. The summed E-state index contributed by atoms with van der Waals surface area (Å²) in [6.07, 6.45) is -4.75. The van der Waals surface area contributed by atoms with Crippen LogP contribution in [0.1, 0.15) is 11.1 Å². The van der Waals surface area contributed by atoms with E-state index in [9.17, 15) is 23.2 Å². The Morgan fingerprint density at radius 1 is 1.10 bits per heavy atom. The van der Waals surface area contributed by atoms with Gasteiger partial charge in [-0.15, -0.1) is 0 Å². The molecule has 1 amide bonds. The summed E-state index contributed by atoms with van der Waals surface area (Å²) >= 11 is 12.5. The summed E-state index contributed by atoms with van der Waals surface area (Å²) in [5.74, 6) is -0.773. The normalized spacial score (nSPS) is 11.1. The number of halogens is 5. The molecule has 0 saturated heterocycles. The van der Waals surface area contributed by atoms with E-state index in [1.54, 1.807) is 36.4 Å². The Hall–Kier alpha value is -2.73. The number of alkyl halides is 3. The Kier molecular flexibility index (Phi) is 7.11. The Morgan fingerprint density at radius 2 is 1.81 bits per heavy atom. The van der Waals surface area contributed by atoms with E-state index in [0.717, 1.165) is 17.8 Å². The van der Waals surface area contributed by atoms with E-state index >= 15 is 0 Å². The largest absolute Gasteiger partial charge is 0.417 e. The fourth-order valence-electron chi connectivity index (χ4n) is 2.62. The first kappa shape index (κ1) is 22.9. The van der Waals surface area contributed by atoms with Crippen molar-refractivity contribution in [2.75, 3.05) is 11.1 Å². The van der Waals surface area contributed by atoms with Crippen LogP contribution in [0, 0.1) is 11.3 Å². The van der Waals surface area contributed by atoms with E-state index in [0.29, 0.717) is 16.3 Å². The second kappa shape index (κ2) is 9.60. The number of nitrogens with zero attached hydrogens (tertiary/aromatic N) is 2. The van der Waals surface area contributed by atoms with Gasteiger partial charge in [-0.1, -0.05) is 65.3 Å². The van der Waals surface area contributed by atoms with Gasteiger partial charge >= 0.3 is 6.18 Å². The van der Waals surface area contributed by atoms with Crippen LogP contribution in [0.3, 0.4) is 0 Å². The van der Waals surface area contributed by atoms with E-state index in [4.69, 9.17) is 23.2 Å². The number of carbonyl (C=O) groups excluding carboxylic acids is 1. The highest BCUT2D eigenvalue weighted by molar-refractivity contribution is 8.00. The average molecular weight is 482 g/mol. The molecule has 3 aromatic rings. The molecular weight excluding hydrogens is 470 g/mol. The van der Waals surface area contributed by atoms with E-state index < -0.39 is 23.2 Å². The molecule has 158 valence electrons. The van der Waals surface area contributed by atoms with E-state index in [1.165, 1.54) is 18.2 Å². The molecule has 1 heterocycles. The number of pyridine rings is 1. The van der Waals surface area contributed by atoms with Crippen molar-refractivity contribution in [3.63, 3.8) is 0 Å². The summed E-state index contributed by atoms with van der Waals surface area (Å²) in [4.78, 5) is 16.5. The van der Waals surface area contributed by atoms with Gasteiger partial charge in [0.15, 0.2) is 0 Å². The lowest BCUT2D eigenvalue weighted by molar-refractivity contribution is -0.138. The summed E-state index contributed by atoms with van der Waals surface area (Å²) in [6.45, 7) is 0. The van der Waals surface area contributed by atoms with Gasteiger partial charge < -0.3 is 5.32 Å². The van der Waals surface area contributed by atoms with Crippen LogP contribution in [0.15, 0.2) is 59.6 Å². The minimum atomic E-state index is -4.75. The van der Waals surface area contributed by atoms with Crippen molar-refractivity contribution in [3.8, 4) is 17.3 Å². The van der Waals surface area contributed by atoms with E-state index in [-0.39, 0.29) is 21.5 Å². The molecule has 0 aliphatic heterocycles. The second-order valence-corrected chi connectivity index (χ2v) is 7.95. The maximum Gasteiger partial charge on any atom is 0.417 e. The van der Waals surface area contributed by atoms with Crippen LogP contribution in [0.4, 0.5) is 18.9 Å². The monoisotopic (exact) mass is 481 g/mol. The molecule has 0 unspecified atom stereocenters. The lowest BCUT2D eigenvalue weighted by atomic mass is 10.1. The third-order valence-corrected chi connectivity index (χ3v) is 5.73. The van der Waals surface area contributed by atoms with E-state index in [2.05, 4.69) is 10.3 Å². The summed E-state index contributed by atoms with van der Waals surface area (Å²) < 4.78 is 40.7. The van der Waals surface area contributed by atoms with Crippen molar-refractivity contribution >= 4 is 46.6 Å². The van der Waals surface area contributed by atoms with Crippen LogP contribution in [0.5, 0.6) is 0 Å². The number of anilines is 1. The molecule has 0 fully saturated rings. The zero-order valence-electron chi connectivity index (χ0n) is 15.5. The maximum atomic E-state index is 13.6. The summed E-state index contributed by atoms with van der Waals surface area (Å²) in [7, 11) is 0. The van der Waals surface area contributed by atoms with Crippen LogP contribution in [0.25, 0.3) is 11.3 Å². The fraction of sp³-hybridized carbons (Fsp3) is 0.0952. The molecule has 0 radical (unpaired) electrons. The average Bonchev–Trinajstić information content (AvgIpc) is 2.74. The smallest absolute Gasteiger partial charge is 0.325 e. The minimum Gasteiger partial charge on any atom is -0.325 e. The zero-order valence-corrected chi connectivity index (χ0v) is 17.8. The van der Waals surface area contributed by atoms with Crippen LogP contribution < -0.4 is 5.32 Å². The van der Waals surface area contributed by atoms with Crippen molar-refractivity contribution in [1.82, 2.24) is 4.98 Å². The molecule has 2 aromatic carbocycles. The Bertz CT molecular complexity index is 1170. The van der Waals surface area contributed by atoms with Crippen molar-refractivity contribution < 1.29 is 18.0 Å². The Morgan fingerprint density at radius 3 is 2.42 bits per heavy atom. The third kappa shape index (κ3) is 5.70. The number of amides is 1. The Labute approximate surface area is 190 Å². The SMILES string of the molecule is N#Cc1c(C(F)(F)F)cc(-c2ccccc2)nc1SCC(=O)Nc1ccc(Cl)c(Cl)c1. The summed E-state index contributed by atoms with van der Waals surface area (Å²) in [5.41, 5.74) is -0.836. The molecule has 0 saturated carbocycles. The molecule has 0 atom stereocenters. The van der Waals surface area contributed by atoms with Crippen LogP contribution in [-0.4, -0.2) is 16.6 Å². The second-order valence-electron chi connectivity index (χ2n) is 6.18. The summed E-state index contributed by atoms with van der Waals surface area (Å²) in [6, 6.07) is 15.2. The number of aromatic nitrogens is 1.